The van der Waals surface area contributed by atoms with E-state index in [1.54, 1.807) is 72.8 Å². The molecule has 0 spiro atoms. The number of hydrogen-bond acceptors (Lipinski definition) is 2. The lowest BCUT2D eigenvalue weighted by Gasteiger charge is -2.05. The summed E-state index contributed by atoms with van der Waals surface area (Å²) in [5, 5.41) is 1.14. The average molecular weight is 355 g/mol. The normalized spacial score (nSPS) is 10.4. The lowest BCUT2D eigenvalue weighted by molar-refractivity contribution is 0.103. The van der Waals surface area contributed by atoms with Crippen LogP contribution in [-0.4, -0.2) is 11.6 Å². The number of benzene rings is 3. The molecule has 0 unspecified atom stereocenters. The van der Waals surface area contributed by atoms with E-state index >= 15 is 0 Å². The molecular formula is C20H12Cl2O2. The highest BCUT2D eigenvalue weighted by Crippen LogP contribution is 2.18. The Morgan fingerprint density at radius 3 is 1.29 bits per heavy atom. The maximum Gasteiger partial charge on any atom is 0.193 e. The Morgan fingerprint density at radius 1 is 0.542 bits per heavy atom. The molecule has 0 amide bonds. The van der Waals surface area contributed by atoms with Crippen LogP contribution < -0.4 is 0 Å². The molecule has 0 radical (unpaired) electrons. The summed E-state index contributed by atoms with van der Waals surface area (Å²) >= 11 is 11.7. The second-order valence-corrected chi connectivity index (χ2v) is 6.13. The van der Waals surface area contributed by atoms with Crippen LogP contribution in [0.1, 0.15) is 31.8 Å². The molecule has 24 heavy (non-hydrogen) atoms. The van der Waals surface area contributed by atoms with Crippen molar-refractivity contribution in [3.05, 3.63) is 105 Å². The molecule has 0 aliphatic carbocycles. The SMILES string of the molecule is O=C(c1ccc(Cl)cc1)c1cccc(C(=O)c2ccc(Cl)cc2)c1. The standard InChI is InChI=1S/C20H12Cl2O2/c21-17-8-4-13(5-9-17)19(23)15-2-1-3-16(12-15)20(24)14-6-10-18(22)11-7-14/h1-12H. The fourth-order valence-corrected chi connectivity index (χ4v) is 2.59. The molecule has 0 fully saturated rings. The Bertz CT molecular complexity index is 825. The number of hydrogen-bond donors (Lipinski definition) is 0. The zero-order chi connectivity index (χ0) is 17.1. The molecule has 118 valence electrons. The van der Waals surface area contributed by atoms with Gasteiger partial charge in [-0.05, 0) is 54.6 Å². The first-order valence-electron chi connectivity index (χ1n) is 7.25. The number of ketones is 2. The van der Waals surface area contributed by atoms with Crippen LogP contribution in [0.15, 0.2) is 72.8 Å². The van der Waals surface area contributed by atoms with Crippen LogP contribution in [0, 0.1) is 0 Å². The summed E-state index contributed by atoms with van der Waals surface area (Å²) in [6, 6.07) is 20.0. The van der Waals surface area contributed by atoms with E-state index < -0.39 is 0 Å². The van der Waals surface area contributed by atoms with Gasteiger partial charge in [0.05, 0.1) is 0 Å². The second kappa shape index (κ2) is 7.00. The van der Waals surface area contributed by atoms with E-state index in [4.69, 9.17) is 23.2 Å². The van der Waals surface area contributed by atoms with E-state index in [9.17, 15) is 9.59 Å². The van der Waals surface area contributed by atoms with E-state index in [0.717, 1.165) is 0 Å². The van der Waals surface area contributed by atoms with Crippen molar-refractivity contribution in [3.8, 4) is 0 Å². The fourth-order valence-electron chi connectivity index (χ4n) is 2.34. The van der Waals surface area contributed by atoms with Crippen LogP contribution in [0.4, 0.5) is 0 Å². The number of carbonyl (C=O) groups is 2. The summed E-state index contributed by atoms with van der Waals surface area (Å²) < 4.78 is 0. The van der Waals surface area contributed by atoms with Gasteiger partial charge in [-0.1, -0.05) is 41.4 Å². The van der Waals surface area contributed by atoms with Gasteiger partial charge in [-0.25, -0.2) is 0 Å². The molecule has 0 aliphatic heterocycles. The maximum atomic E-state index is 12.5. The largest absolute Gasteiger partial charge is 0.289 e. The van der Waals surface area contributed by atoms with E-state index in [-0.39, 0.29) is 11.6 Å². The molecule has 3 rings (SSSR count). The molecule has 3 aromatic carbocycles. The monoisotopic (exact) mass is 354 g/mol. The first-order chi connectivity index (χ1) is 11.5. The molecule has 0 aliphatic rings. The van der Waals surface area contributed by atoms with Gasteiger partial charge in [0.2, 0.25) is 0 Å². The van der Waals surface area contributed by atoms with Crippen molar-refractivity contribution < 1.29 is 9.59 Å². The van der Waals surface area contributed by atoms with E-state index in [1.807, 2.05) is 0 Å². The third-order valence-electron chi connectivity index (χ3n) is 3.60. The minimum Gasteiger partial charge on any atom is -0.289 e. The van der Waals surface area contributed by atoms with Crippen molar-refractivity contribution in [2.75, 3.05) is 0 Å². The van der Waals surface area contributed by atoms with Gasteiger partial charge in [0.25, 0.3) is 0 Å². The van der Waals surface area contributed by atoms with Gasteiger partial charge in [-0.3, -0.25) is 9.59 Å². The van der Waals surface area contributed by atoms with Crippen molar-refractivity contribution in [2.24, 2.45) is 0 Å². The first-order valence-corrected chi connectivity index (χ1v) is 8.01. The lowest BCUT2D eigenvalue weighted by atomic mass is 9.97. The summed E-state index contributed by atoms with van der Waals surface area (Å²) in [5.74, 6) is -0.310. The second-order valence-electron chi connectivity index (χ2n) is 5.25. The van der Waals surface area contributed by atoms with Crippen molar-refractivity contribution in [2.45, 2.75) is 0 Å². The van der Waals surface area contributed by atoms with E-state index in [0.29, 0.717) is 32.3 Å². The van der Waals surface area contributed by atoms with Gasteiger partial charge >= 0.3 is 0 Å². The molecule has 0 aromatic heterocycles. The first kappa shape index (κ1) is 16.4. The van der Waals surface area contributed by atoms with Crippen molar-refractivity contribution in [1.29, 1.82) is 0 Å². The van der Waals surface area contributed by atoms with Gasteiger partial charge < -0.3 is 0 Å². The molecule has 2 nitrogen and oxygen atoms in total. The number of carbonyl (C=O) groups excluding carboxylic acids is 2. The Hall–Kier alpha value is -2.42. The van der Waals surface area contributed by atoms with E-state index in [2.05, 4.69) is 0 Å². The van der Waals surface area contributed by atoms with Crippen molar-refractivity contribution >= 4 is 34.8 Å². The summed E-state index contributed by atoms with van der Waals surface area (Å²) in [5.41, 5.74) is 1.96. The fraction of sp³-hybridized carbons (Fsp3) is 0. The van der Waals surface area contributed by atoms with Gasteiger partial charge in [-0.15, -0.1) is 0 Å². The van der Waals surface area contributed by atoms with Crippen molar-refractivity contribution in [1.82, 2.24) is 0 Å². The number of rotatable bonds is 4. The van der Waals surface area contributed by atoms with Gasteiger partial charge in [0.1, 0.15) is 0 Å². The molecule has 3 aromatic rings. The molecule has 0 bridgehead atoms. The zero-order valence-electron chi connectivity index (χ0n) is 12.5. The number of halogens is 2. The molecule has 0 saturated carbocycles. The Balaban J connectivity index is 1.91. The van der Waals surface area contributed by atoms with Gasteiger partial charge in [0, 0.05) is 32.3 Å². The predicted molar refractivity (Wildman–Crippen MR) is 96.2 cm³/mol. The smallest absolute Gasteiger partial charge is 0.193 e. The summed E-state index contributed by atoms with van der Waals surface area (Å²) in [4.78, 5) is 25.1. The zero-order valence-corrected chi connectivity index (χ0v) is 14.0. The quantitative estimate of drug-likeness (QED) is 0.583. The van der Waals surface area contributed by atoms with Crippen LogP contribution in [0.2, 0.25) is 10.0 Å². The van der Waals surface area contributed by atoms with Crippen LogP contribution >= 0.6 is 23.2 Å². The van der Waals surface area contributed by atoms with Crippen molar-refractivity contribution in [3.63, 3.8) is 0 Å². The Morgan fingerprint density at radius 2 is 0.917 bits per heavy atom. The summed E-state index contributed by atoms with van der Waals surface area (Å²) in [6.07, 6.45) is 0. The molecule has 0 saturated heterocycles. The highest BCUT2D eigenvalue weighted by atomic mass is 35.5. The van der Waals surface area contributed by atoms with E-state index in [1.165, 1.54) is 0 Å². The minimum atomic E-state index is -0.155. The Kier molecular flexibility index (Phi) is 4.79. The molecule has 0 N–H and O–H groups in total. The maximum absolute atomic E-state index is 12.5. The average Bonchev–Trinajstić information content (AvgIpc) is 2.62. The van der Waals surface area contributed by atoms with Crippen LogP contribution in [0.25, 0.3) is 0 Å². The molecule has 0 heterocycles. The third kappa shape index (κ3) is 3.56. The van der Waals surface area contributed by atoms with Gasteiger partial charge in [-0.2, -0.15) is 0 Å². The minimum absolute atomic E-state index is 0.155. The topological polar surface area (TPSA) is 34.1 Å². The highest BCUT2D eigenvalue weighted by molar-refractivity contribution is 6.31. The Labute approximate surface area is 149 Å². The van der Waals surface area contributed by atoms with Crippen LogP contribution in [-0.2, 0) is 0 Å². The van der Waals surface area contributed by atoms with Crippen LogP contribution in [0.5, 0.6) is 0 Å². The lowest BCUT2D eigenvalue weighted by Crippen LogP contribution is -2.05. The van der Waals surface area contributed by atoms with Crippen LogP contribution in [0.3, 0.4) is 0 Å². The molecule has 0 atom stereocenters. The summed E-state index contributed by atoms with van der Waals surface area (Å²) in [6.45, 7) is 0. The predicted octanol–water partition coefficient (Wildman–Crippen LogP) is 5.46. The molecule has 4 heteroatoms. The third-order valence-corrected chi connectivity index (χ3v) is 4.10. The van der Waals surface area contributed by atoms with Gasteiger partial charge in [0.15, 0.2) is 11.6 Å². The highest BCUT2D eigenvalue weighted by Gasteiger charge is 2.13. The molecular weight excluding hydrogens is 343 g/mol. The summed E-state index contributed by atoms with van der Waals surface area (Å²) in [7, 11) is 0.